The average molecular weight is 516 g/mol. The maximum absolute atomic E-state index is 13.1. The summed E-state index contributed by atoms with van der Waals surface area (Å²) in [5.41, 5.74) is 2.49. The van der Waals surface area contributed by atoms with Gasteiger partial charge in [-0.25, -0.2) is 14.2 Å². The Morgan fingerprint density at radius 3 is 2.59 bits per heavy atom. The zero-order chi connectivity index (χ0) is 24.2. The van der Waals surface area contributed by atoms with Gasteiger partial charge in [-0.15, -0.1) is 0 Å². The van der Waals surface area contributed by atoms with Crippen LogP contribution in [0, 0.1) is 0 Å². The summed E-state index contributed by atoms with van der Waals surface area (Å²) < 4.78 is 5.22. The summed E-state index contributed by atoms with van der Waals surface area (Å²) in [6.45, 7) is 4.47. The molecule has 2 heterocycles. The smallest absolute Gasteiger partial charge is 0.333 e. The van der Waals surface area contributed by atoms with E-state index in [1.54, 1.807) is 36.4 Å². The molecule has 0 saturated heterocycles. The van der Waals surface area contributed by atoms with Gasteiger partial charge in [0.15, 0.2) is 0 Å². The average Bonchev–Trinajstić information content (AvgIpc) is 3.32. The summed E-state index contributed by atoms with van der Waals surface area (Å²) in [5, 5.41) is 6.42. The first-order valence-electron chi connectivity index (χ1n) is 10.5. The molecule has 1 aromatic heterocycles. The van der Waals surface area contributed by atoms with Gasteiger partial charge in [-0.2, -0.15) is 0 Å². The second-order valence-electron chi connectivity index (χ2n) is 7.27. The molecule has 0 unspecified atom stereocenters. The van der Waals surface area contributed by atoms with Gasteiger partial charge in [-0.3, -0.25) is 9.52 Å². The van der Waals surface area contributed by atoms with Crippen LogP contribution in [0.2, 0.25) is 0 Å². The molecule has 0 bridgehead atoms. The Hall–Kier alpha value is -3.08. The molecule has 3 aromatic rings. The predicted molar refractivity (Wildman–Crippen MR) is 143 cm³/mol. The van der Waals surface area contributed by atoms with Gasteiger partial charge in [-0.05, 0) is 68.6 Å². The van der Waals surface area contributed by atoms with E-state index >= 15 is 0 Å². The van der Waals surface area contributed by atoms with Crippen LogP contribution in [0.15, 0.2) is 66.7 Å². The zero-order valence-electron chi connectivity index (χ0n) is 18.4. The number of anilines is 2. The molecule has 0 fully saturated rings. The maximum atomic E-state index is 13.1. The third-order valence-corrected chi connectivity index (χ3v) is 7.70. The molecule has 11 heteroatoms. The van der Waals surface area contributed by atoms with Crippen LogP contribution in [-0.4, -0.2) is 22.1 Å². The summed E-state index contributed by atoms with van der Waals surface area (Å²) >= 11 is 8.51. The summed E-state index contributed by atoms with van der Waals surface area (Å²) in [5.74, 6) is 0. The van der Waals surface area contributed by atoms with Crippen LogP contribution < -0.4 is 26.6 Å². The number of hydrogen-bond donors (Lipinski definition) is 4. The number of fused-ring (bicyclic) bond motifs is 3. The van der Waals surface area contributed by atoms with Crippen molar-refractivity contribution in [3.8, 4) is 5.69 Å². The minimum Gasteiger partial charge on any atom is -0.384 e. The van der Waals surface area contributed by atoms with Gasteiger partial charge in [0.25, 0.3) is 5.56 Å². The van der Waals surface area contributed by atoms with Crippen LogP contribution >= 0.6 is 35.3 Å². The lowest BCUT2D eigenvalue weighted by Gasteiger charge is -2.11. The summed E-state index contributed by atoms with van der Waals surface area (Å²) in [4.78, 5) is 41.0. The molecule has 176 valence electrons. The number of hydrogen-bond acceptors (Lipinski definition) is 6. The van der Waals surface area contributed by atoms with E-state index in [0.717, 1.165) is 45.0 Å². The highest BCUT2D eigenvalue weighted by atomic mass is 35.5. The number of carbonyl (C=O) groups excluding carboxylic acids is 1. The molecule has 2 aromatic carbocycles. The summed E-state index contributed by atoms with van der Waals surface area (Å²) in [7, 11) is 0. The lowest BCUT2D eigenvalue weighted by Crippen LogP contribution is -2.33. The van der Waals surface area contributed by atoms with Crippen molar-refractivity contribution in [3.05, 3.63) is 83.6 Å². The third kappa shape index (κ3) is 5.03. The van der Waals surface area contributed by atoms with E-state index in [-0.39, 0.29) is 5.56 Å². The second-order valence-corrected chi connectivity index (χ2v) is 10.1. The van der Waals surface area contributed by atoms with Gasteiger partial charge in [0, 0.05) is 23.5 Å². The minimum atomic E-state index is -0.510. The van der Waals surface area contributed by atoms with E-state index in [1.807, 2.05) is 26.0 Å². The number of benzene rings is 2. The molecule has 4 rings (SSSR count). The number of H-pyrrole nitrogens is 1. The number of thioether (sulfide) groups is 1. The van der Waals surface area contributed by atoms with Gasteiger partial charge in [0.2, 0.25) is 0 Å². The molecule has 0 aliphatic carbocycles. The molecule has 1 aliphatic heterocycles. The monoisotopic (exact) mass is 515 g/mol. The molecule has 0 saturated carbocycles. The van der Waals surface area contributed by atoms with Crippen LogP contribution in [0.5, 0.6) is 0 Å². The number of amides is 2. The van der Waals surface area contributed by atoms with Gasteiger partial charge in [0.1, 0.15) is 0 Å². The first-order chi connectivity index (χ1) is 16.4. The van der Waals surface area contributed by atoms with E-state index in [1.165, 1.54) is 11.8 Å². The minimum absolute atomic E-state index is 0.389. The number of aromatic nitrogens is 2. The van der Waals surface area contributed by atoms with E-state index in [9.17, 15) is 14.4 Å². The van der Waals surface area contributed by atoms with Gasteiger partial charge in [0.05, 0.1) is 25.2 Å². The molecular formula is C23H22ClN5O3S2. The number of carbonyl (C=O) groups is 1. The Morgan fingerprint density at radius 2 is 1.88 bits per heavy atom. The van der Waals surface area contributed by atoms with Crippen molar-refractivity contribution in [2.75, 3.05) is 17.2 Å². The van der Waals surface area contributed by atoms with E-state index < -0.39 is 11.7 Å². The van der Waals surface area contributed by atoms with E-state index in [4.69, 9.17) is 11.6 Å². The zero-order valence-corrected chi connectivity index (χ0v) is 20.8. The molecule has 4 N–H and O–H groups in total. The fraction of sp³-hybridized carbons (Fsp3) is 0.174. The fourth-order valence-electron chi connectivity index (χ4n) is 3.57. The van der Waals surface area contributed by atoms with Crippen molar-refractivity contribution in [1.29, 1.82) is 0 Å². The fourth-order valence-corrected chi connectivity index (χ4v) is 5.30. The Morgan fingerprint density at radius 1 is 1.12 bits per heavy atom. The van der Waals surface area contributed by atoms with Crippen molar-refractivity contribution >= 4 is 63.6 Å². The quantitative estimate of drug-likeness (QED) is 0.340. The number of rotatable bonds is 6. The van der Waals surface area contributed by atoms with E-state index in [0.29, 0.717) is 26.6 Å². The lowest BCUT2D eigenvalue weighted by atomic mass is 10.1. The third-order valence-electron chi connectivity index (χ3n) is 5.16. The standard InChI is InChI=1S/C23H22ClN5O3S2/c1-3-18(24)33-19(4-2)34-28-22(31)26-13-5-7-14(8-6-13)29-21(30)16-9-10-17-15(11-12-25-17)20(16)27-23(29)32/h3-10,25H,11-12H2,1-2H3,(H,27,32)(H2,26,28,31)/b18-3-,19-4+. The summed E-state index contributed by atoms with van der Waals surface area (Å²) in [6.07, 6.45) is 4.37. The molecule has 34 heavy (non-hydrogen) atoms. The Bertz CT molecular complexity index is 1430. The maximum Gasteiger partial charge on any atom is 0.333 e. The van der Waals surface area contributed by atoms with Crippen LogP contribution in [0.1, 0.15) is 19.4 Å². The largest absolute Gasteiger partial charge is 0.384 e. The molecule has 0 atom stereocenters. The van der Waals surface area contributed by atoms with Crippen molar-refractivity contribution in [2.24, 2.45) is 0 Å². The number of allylic oxidation sites excluding steroid dienone is 2. The van der Waals surface area contributed by atoms with Gasteiger partial charge < -0.3 is 15.6 Å². The molecule has 1 aliphatic rings. The highest BCUT2D eigenvalue weighted by Crippen LogP contribution is 2.34. The molecule has 2 amide bonds. The Kier molecular flexibility index (Phi) is 7.40. The first-order valence-corrected chi connectivity index (χ1v) is 12.5. The number of nitrogens with one attached hydrogen (secondary N) is 4. The van der Waals surface area contributed by atoms with Crippen LogP contribution in [0.25, 0.3) is 16.6 Å². The van der Waals surface area contributed by atoms with Crippen LogP contribution in [0.3, 0.4) is 0 Å². The second kappa shape index (κ2) is 10.5. The van der Waals surface area contributed by atoms with E-state index in [2.05, 4.69) is 20.3 Å². The first kappa shape index (κ1) is 24.1. The van der Waals surface area contributed by atoms with Crippen molar-refractivity contribution in [1.82, 2.24) is 14.3 Å². The number of urea groups is 1. The normalized spacial score (nSPS) is 13.5. The topological polar surface area (TPSA) is 108 Å². The highest BCUT2D eigenvalue weighted by Gasteiger charge is 2.18. The summed E-state index contributed by atoms with van der Waals surface area (Å²) in [6, 6.07) is 9.65. The van der Waals surface area contributed by atoms with Gasteiger partial charge in [-0.1, -0.05) is 35.5 Å². The SMILES string of the molecule is C/C=C(/Cl)S/C(=C\C)SNC(=O)Nc1ccc(-n2c(=O)[nH]c3c4c(ccc3c2=O)NCC4)cc1. The van der Waals surface area contributed by atoms with Gasteiger partial charge >= 0.3 is 11.7 Å². The number of aromatic amines is 1. The lowest BCUT2D eigenvalue weighted by molar-refractivity contribution is 0.257. The Balaban J connectivity index is 1.50. The molecule has 0 radical (unpaired) electrons. The molecular weight excluding hydrogens is 494 g/mol. The van der Waals surface area contributed by atoms with Crippen LogP contribution in [0.4, 0.5) is 16.2 Å². The van der Waals surface area contributed by atoms with Crippen molar-refractivity contribution in [2.45, 2.75) is 20.3 Å². The Labute approximate surface area is 209 Å². The molecule has 8 nitrogen and oxygen atoms in total. The molecule has 0 spiro atoms. The van der Waals surface area contributed by atoms with Crippen LogP contribution in [-0.2, 0) is 6.42 Å². The predicted octanol–water partition coefficient (Wildman–Crippen LogP) is 5.11. The number of halogens is 1. The van der Waals surface area contributed by atoms with Crippen molar-refractivity contribution < 1.29 is 4.79 Å². The highest BCUT2D eigenvalue weighted by molar-refractivity contribution is 8.24. The van der Waals surface area contributed by atoms with Crippen molar-refractivity contribution in [3.63, 3.8) is 0 Å². The number of nitrogens with zero attached hydrogens (tertiary/aromatic N) is 1.